The summed E-state index contributed by atoms with van der Waals surface area (Å²) in [6.45, 7) is 1.58. The molecule has 2 aromatic rings. The van der Waals surface area contributed by atoms with Crippen molar-refractivity contribution in [2.24, 2.45) is 7.05 Å². The van der Waals surface area contributed by atoms with E-state index in [1.54, 1.807) is 20.2 Å². The highest BCUT2D eigenvalue weighted by Gasteiger charge is 2.22. The molecule has 2 rings (SSSR count). The standard InChI is InChI=1S/C16H17FN4O2/c1-10(22)15-13(5-4-6-14(15)17)16(23)20(2)9-11-7-12(8-18)21(3)19-11/h4-7,10,22H,9H2,1-3H3/t10-/m0/s1. The lowest BCUT2D eigenvalue weighted by Crippen LogP contribution is -2.28. The summed E-state index contributed by atoms with van der Waals surface area (Å²) in [5.41, 5.74) is 1.02. The van der Waals surface area contributed by atoms with Gasteiger partial charge in [-0.15, -0.1) is 0 Å². The molecule has 0 bridgehead atoms. The zero-order chi connectivity index (χ0) is 17.1. The third-order valence-corrected chi connectivity index (χ3v) is 3.49. The van der Waals surface area contributed by atoms with Crippen LogP contribution >= 0.6 is 0 Å². The molecular weight excluding hydrogens is 299 g/mol. The number of amides is 1. The first-order valence-electron chi connectivity index (χ1n) is 7.00. The smallest absolute Gasteiger partial charge is 0.254 e. The molecule has 0 saturated heterocycles. The molecular formula is C16H17FN4O2. The molecule has 1 amide bonds. The van der Waals surface area contributed by atoms with E-state index in [9.17, 15) is 14.3 Å². The first kappa shape index (κ1) is 16.6. The number of halogens is 1. The summed E-state index contributed by atoms with van der Waals surface area (Å²) >= 11 is 0. The van der Waals surface area contributed by atoms with Crippen LogP contribution in [0, 0.1) is 17.1 Å². The fourth-order valence-electron chi connectivity index (χ4n) is 2.38. The predicted octanol–water partition coefficient (Wildman–Crippen LogP) is 1.76. The molecule has 23 heavy (non-hydrogen) atoms. The van der Waals surface area contributed by atoms with Crippen molar-refractivity contribution in [3.8, 4) is 6.07 Å². The van der Waals surface area contributed by atoms with Gasteiger partial charge in [0.05, 0.1) is 18.3 Å². The van der Waals surface area contributed by atoms with Crippen molar-refractivity contribution in [2.75, 3.05) is 7.05 Å². The second-order valence-corrected chi connectivity index (χ2v) is 5.29. The summed E-state index contributed by atoms with van der Waals surface area (Å²) in [5.74, 6) is -1.05. The Balaban J connectivity index is 2.27. The molecule has 6 nitrogen and oxygen atoms in total. The molecule has 0 unspecified atom stereocenters. The number of aryl methyl sites for hydroxylation is 1. The second-order valence-electron chi connectivity index (χ2n) is 5.29. The number of benzene rings is 1. The highest BCUT2D eigenvalue weighted by atomic mass is 19.1. The van der Waals surface area contributed by atoms with Crippen LogP contribution in [0.1, 0.15) is 40.3 Å². The largest absolute Gasteiger partial charge is 0.389 e. The molecule has 1 heterocycles. The van der Waals surface area contributed by atoms with E-state index in [-0.39, 0.29) is 17.7 Å². The Morgan fingerprint density at radius 1 is 1.57 bits per heavy atom. The Morgan fingerprint density at radius 2 is 2.26 bits per heavy atom. The number of carbonyl (C=O) groups excluding carboxylic acids is 1. The van der Waals surface area contributed by atoms with Crippen LogP contribution in [0.2, 0.25) is 0 Å². The maximum absolute atomic E-state index is 13.9. The number of aliphatic hydroxyl groups excluding tert-OH is 1. The van der Waals surface area contributed by atoms with Gasteiger partial charge in [0.15, 0.2) is 0 Å². The maximum Gasteiger partial charge on any atom is 0.254 e. The molecule has 0 aliphatic rings. The molecule has 0 fully saturated rings. The molecule has 0 aliphatic carbocycles. The fourth-order valence-corrected chi connectivity index (χ4v) is 2.38. The van der Waals surface area contributed by atoms with Gasteiger partial charge in [-0.3, -0.25) is 9.48 Å². The zero-order valence-corrected chi connectivity index (χ0v) is 13.1. The molecule has 120 valence electrons. The monoisotopic (exact) mass is 316 g/mol. The SMILES string of the molecule is C[C@H](O)c1c(F)cccc1C(=O)N(C)Cc1cc(C#N)n(C)n1. The van der Waals surface area contributed by atoms with Gasteiger partial charge in [-0.05, 0) is 25.1 Å². The van der Waals surface area contributed by atoms with E-state index >= 15 is 0 Å². The normalized spacial score (nSPS) is 11.8. The van der Waals surface area contributed by atoms with Crippen LogP contribution in [-0.2, 0) is 13.6 Å². The average molecular weight is 316 g/mol. The van der Waals surface area contributed by atoms with Crippen LogP contribution in [0.3, 0.4) is 0 Å². The van der Waals surface area contributed by atoms with Crippen LogP contribution in [-0.4, -0.2) is 32.7 Å². The quantitative estimate of drug-likeness (QED) is 0.931. The van der Waals surface area contributed by atoms with Crippen molar-refractivity contribution in [3.05, 3.63) is 52.6 Å². The highest BCUT2D eigenvalue weighted by Crippen LogP contribution is 2.23. The van der Waals surface area contributed by atoms with E-state index in [0.29, 0.717) is 11.4 Å². The number of nitriles is 1. The first-order chi connectivity index (χ1) is 10.8. The number of rotatable bonds is 4. The van der Waals surface area contributed by atoms with Gasteiger partial charge in [-0.2, -0.15) is 10.4 Å². The molecule has 0 spiro atoms. The van der Waals surface area contributed by atoms with Crippen molar-refractivity contribution < 1.29 is 14.3 Å². The minimum atomic E-state index is -1.09. The van der Waals surface area contributed by atoms with Crippen molar-refractivity contribution in [2.45, 2.75) is 19.6 Å². The number of aromatic nitrogens is 2. The van der Waals surface area contributed by atoms with Crippen molar-refractivity contribution in [1.82, 2.24) is 14.7 Å². The van der Waals surface area contributed by atoms with E-state index in [4.69, 9.17) is 5.26 Å². The van der Waals surface area contributed by atoms with Gasteiger partial charge >= 0.3 is 0 Å². The maximum atomic E-state index is 13.9. The summed E-state index contributed by atoms with van der Waals surface area (Å²) < 4.78 is 15.3. The Hall–Kier alpha value is -2.72. The number of aliphatic hydroxyl groups is 1. The molecule has 0 saturated carbocycles. The molecule has 1 N–H and O–H groups in total. The van der Waals surface area contributed by atoms with E-state index in [1.165, 1.54) is 34.7 Å². The minimum absolute atomic E-state index is 0.0249. The molecule has 0 aliphatic heterocycles. The van der Waals surface area contributed by atoms with Gasteiger partial charge in [-0.25, -0.2) is 4.39 Å². The van der Waals surface area contributed by atoms with E-state index in [2.05, 4.69) is 5.10 Å². The topological polar surface area (TPSA) is 82.1 Å². The summed E-state index contributed by atoms with van der Waals surface area (Å²) in [6, 6.07) is 7.69. The van der Waals surface area contributed by atoms with E-state index in [1.807, 2.05) is 6.07 Å². The lowest BCUT2D eigenvalue weighted by Gasteiger charge is -2.19. The Labute approximate surface area is 133 Å². The van der Waals surface area contributed by atoms with Crippen molar-refractivity contribution in [3.63, 3.8) is 0 Å². The van der Waals surface area contributed by atoms with Crippen LogP contribution < -0.4 is 0 Å². The molecule has 1 aromatic carbocycles. The van der Waals surface area contributed by atoms with Gasteiger partial charge in [-0.1, -0.05) is 6.07 Å². The second kappa shape index (κ2) is 6.58. The molecule has 1 atom stereocenters. The Bertz CT molecular complexity index is 777. The van der Waals surface area contributed by atoms with Crippen LogP contribution in [0.5, 0.6) is 0 Å². The summed E-state index contributed by atoms with van der Waals surface area (Å²) in [6.07, 6.45) is -1.09. The summed E-state index contributed by atoms with van der Waals surface area (Å²) in [4.78, 5) is 13.9. The Morgan fingerprint density at radius 3 is 2.83 bits per heavy atom. The number of nitrogens with zero attached hydrogens (tertiary/aromatic N) is 4. The van der Waals surface area contributed by atoms with Gasteiger partial charge < -0.3 is 10.0 Å². The third kappa shape index (κ3) is 3.38. The highest BCUT2D eigenvalue weighted by molar-refractivity contribution is 5.95. The van der Waals surface area contributed by atoms with Gasteiger partial charge in [0.1, 0.15) is 17.6 Å². The van der Waals surface area contributed by atoms with Gasteiger partial charge in [0, 0.05) is 25.2 Å². The van der Waals surface area contributed by atoms with E-state index in [0.717, 1.165) is 0 Å². The summed E-state index contributed by atoms with van der Waals surface area (Å²) in [7, 11) is 3.20. The minimum Gasteiger partial charge on any atom is -0.389 e. The van der Waals surface area contributed by atoms with Crippen molar-refractivity contribution >= 4 is 5.91 Å². The molecule has 7 heteroatoms. The first-order valence-corrected chi connectivity index (χ1v) is 7.00. The van der Waals surface area contributed by atoms with Crippen LogP contribution in [0.15, 0.2) is 24.3 Å². The third-order valence-electron chi connectivity index (χ3n) is 3.49. The zero-order valence-electron chi connectivity index (χ0n) is 13.1. The lowest BCUT2D eigenvalue weighted by molar-refractivity contribution is 0.0775. The Kier molecular flexibility index (Phi) is 4.77. The summed E-state index contributed by atoms with van der Waals surface area (Å²) in [5, 5.41) is 22.8. The lowest BCUT2D eigenvalue weighted by atomic mass is 10.0. The van der Waals surface area contributed by atoms with Gasteiger partial charge in [0.25, 0.3) is 5.91 Å². The van der Waals surface area contributed by atoms with Crippen LogP contribution in [0.25, 0.3) is 0 Å². The van der Waals surface area contributed by atoms with Gasteiger partial charge in [0.2, 0.25) is 0 Å². The van der Waals surface area contributed by atoms with Crippen LogP contribution in [0.4, 0.5) is 4.39 Å². The average Bonchev–Trinajstić information content (AvgIpc) is 2.85. The molecule has 1 aromatic heterocycles. The van der Waals surface area contributed by atoms with E-state index < -0.39 is 17.8 Å². The number of hydrogen-bond donors (Lipinski definition) is 1. The number of hydrogen-bond acceptors (Lipinski definition) is 4. The predicted molar refractivity (Wildman–Crippen MR) is 80.8 cm³/mol. The molecule has 0 radical (unpaired) electrons. The number of carbonyl (C=O) groups is 1. The fraction of sp³-hybridized carbons (Fsp3) is 0.312. The van der Waals surface area contributed by atoms with Crippen molar-refractivity contribution in [1.29, 1.82) is 5.26 Å².